The molecule has 1 N–H and O–H groups in total. The summed E-state index contributed by atoms with van der Waals surface area (Å²) in [7, 11) is 3.20. The Bertz CT molecular complexity index is 350. The molecule has 0 aromatic heterocycles. The molecule has 82 valence electrons. The summed E-state index contributed by atoms with van der Waals surface area (Å²) >= 11 is 0. The predicted molar refractivity (Wildman–Crippen MR) is 58.8 cm³/mol. The van der Waals surface area contributed by atoms with Crippen molar-refractivity contribution < 1.29 is 14.3 Å². The highest BCUT2D eigenvalue weighted by Gasteiger charge is 2.10. The Kier molecular flexibility index (Phi) is 3.97. The fourth-order valence-corrected chi connectivity index (χ4v) is 1.45. The summed E-state index contributed by atoms with van der Waals surface area (Å²) in [6.45, 7) is 2.17. The largest absolute Gasteiger partial charge is 0.496 e. The van der Waals surface area contributed by atoms with Gasteiger partial charge in [-0.2, -0.15) is 0 Å². The van der Waals surface area contributed by atoms with Crippen molar-refractivity contribution in [3.8, 4) is 11.5 Å². The number of carbonyl (C=O) groups excluding carboxylic acids is 1. The first-order chi connectivity index (χ1) is 7.24. The summed E-state index contributed by atoms with van der Waals surface area (Å²) < 4.78 is 10.4. The van der Waals surface area contributed by atoms with Crippen LogP contribution in [0.4, 0.5) is 5.69 Å². The molecule has 0 saturated heterocycles. The molecular weight excluding hydrogens is 194 g/mol. The average Bonchev–Trinajstić information content (AvgIpc) is 2.26. The van der Waals surface area contributed by atoms with Crippen LogP contribution >= 0.6 is 0 Å². The van der Waals surface area contributed by atoms with E-state index in [9.17, 15) is 4.79 Å². The van der Waals surface area contributed by atoms with Gasteiger partial charge in [-0.05, 0) is 19.1 Å². The molecule has 4 nitrogen and oxygen atoms in total. The molecule has 0 fully saturated rings. The number of carbonyl (C=O) groups is 1. The number of ether oxygens (including phenoxy) is 2. The van der Waals surface area contributed by atoms with E-state index in [1.165, 1.54) is 0 Å². The topological polar surface area (TPSA) is 47.6 Å². The maximum atomic E-state index is 10.3. The lowest BCUT2D eigenvalue weighted by atomic mass is 10.1. The van der Waals surface area contributed by atoms with Crippen LogP contribution < -0.4 is 14.8 Å². The highest BCUT2D eigenvalue weighted by atomic mass is 16.5. The van der Waals surface area contributed by atoms with Gasteiger partial charge >= 0.3 is 0 Å². The minimum Gasteiger partial charge on any atom is -0.496 e. The van der Waals surface area contributed by atoms with Gasteiger partial charge < -0.3 is 19.6 Å². The van der Waals surface area contributed by atoms with E-state index in [0.29, 0.717) is 5.75 Å². The van der Waals surface area contributed by atoms with Crippen molar-refractivity contribution in [3.05, 3.63) is 17.7 Å². The number of nitrogens with one attached hydrogen (secondary N) is 1. The minimum atomic E-state index is 0.266. The van der Waals surface area contributed by atoms with Crippen molar-refractivity contribution in [3.63, 3.8) is 0 Å². The Morgan fingerprint density at radius 3 is 2.60 bits per heavy atom. The SMILES string of the molecule is COc1ccc(NCC=O)c(OC)c1C. The zero-order valence-corrected chi connectivity index (χ0v) is 9.16. The van der Waals surface area contributed by atoms with Gasteiger partial charge in [-0.3, -0.25) is 0 Å². The normalized spacial score (nSPS) is 9.53. The second-order valence-corrected chi connectivity index (χ2v) is 3.02. The van der Waals surface area contributed by atoms with Crippen molar-refractivity contribution in [1.29, 1.82) is 0 Å². The lowest BCUT2D eigenvalue weighted by molar-refractivity contribution is -0.106. The van der Waals surface area contributed by atoms with E-state index in [-0.39, 0.29) is 6.54 Å². The number of anilines is 1. The lowest BCUT2D eigenvalue weighted by Gasteiger charge is -2.14. The van der Waals surface area contributed by atoms with Crippen LogP contribution in [0.15, 0.2) is 12.1 Å². The smallest absolute Gasteiger partial charge is 0.148 e. The molecular formula is C11H15NO3. The number of hydrogen-bond acceptors (Lipinski definition) is 4. The quantitative estimate of drug-likeness (QED) is 0.749. The number of rotatable bonds is 5. The van der Waals surface area contributed by atoms with E-state index in [1.807, 2.05) is 19.1 Å². The third kappa shape index (κ3) is 2.40. The van der Waals surface area contributed by atoms with Gasteiger partial charge in [0.2, 0.25) is 0 Å². The minimum absolute atomic E-state index is 0.266. The summed E-state index contributed by atoms with van der Waals surface area (Å²) in [6, 6.07) is 3.67. The maximum Gasteiger partial charge on any atom is 0.148 e. The number of benzene rings is 1. The Morgan fingerprint density at radius 1 is 1.33 bits per heavy atom. The Hall–Kier alpha value is -1.71. The van der Waals surface area contributed by atoms with E-state index >= 15 is 0 Å². The van der Waals surface area contributed by atoms with Gasteiger partial charge in [0.15, 0.2) is 0 Å². The molecule has 0 atom stereocenters. The first-order valence-electron chi connectivity index (χ1n) is 4.63. The average molecular weight is 209 g/mol. The van der Waals surface area contributed by atoms with Crippen LogP contribution in [0.5, 0.6) is 11.5 Å². The molecule has 0 amide bonds. The van der Waals surface area contributed by atoms with Gasteiger partial charge in [-0.1, -0.05) is 0 Å². The Balaban J connectivity index is 3.06. The molecule has 0 saturated carbocycles. The molecule has 1 aromatic rings. The molecule has 15 heavy (non-hydrogen) atoms. The summed E-state index contributed by atoms with van der Waals surface area (Å²) in [5.74, 6) is 1.47. The highest BCUT2D eigenvalue weighted by Crippen LogP contribution is 2.34. The van der Waals surface area contributed by atoms with Crippen LogP contribution in [0, 0.1) is 6.92 Å². The van der Waals surface area contributed by atoms with Gasteiger partial charge in [-0.15, -0.1) is 0 Å². The van der Waals surface area contributed by atoms with Crippen molar-refractivity contribution in [1.82, 2.24) is 0 Å². The predicted octanol–water partition coefficient (Wildman–Crippen LogP) is 1.62. The molecule has 4 heteroatoms. The maximum absolute atomic E-state index is 10.3. The van der Waals surface area contributed by atoms with Gasteiger partial charge in [0.1, 0.15) is 17.8 Å². The van der Waals surface area contributed by atoms with E-state index < -0.39 is 0 Å². The molecule has 0 aliphatic carbocycles. The van der Waals surface area contributed by atoms with E-state index in [1.54, 1.807) is 14.2 Å². The fraction of sp³-hybridized carbons (Fsp3) is 0.364. The van der Waals surface area contributed by atoms with Crippen molar-refractivity contribution in [2.24, 2.45) is 0 Å². The third-order valence-electron chi connectivity index (χ3n) is 2.16. The van der Waals surface area contributed by atoms with E-state index in [2.05, 4.69) is 5.32 Å². The van der Waals surface area contributed by atoms with Gasteiger partial charge in [0, 0.05) is 5.56 Å². The zero-order chi connectivity index (χ0) is 11.3. The van der Waals surface area contributed by atoms with E-state index in [0.717, 1.165) is 23.3 Å². The van der Waals surface area contributed by atoms with Gasteiger partial charge in [0.25, 0.3) is 0 Å². The summed E-state index contributed by atoms with van der Waals surface area (Å²) in [5.41, 5.74) is 1.71. The second-order valence-electron chi connectivity index (χ2n) is 3.02. The van der Waals surface area contributed by atoms with Crippen LogP contribution in [0.3, 0.4) is 0 Å². The van der Waals surface area contributed by atoms with Crippen LogP contribution in [-0.4, -0.2) is 27.1 Å². The number of hydrogen-bond donors (Lipinski definition) is 1. The van der Waals surface area contributed by atoms with Crippen molar-refractivity contribution in [2.45, 2.75) is 6.92 Å². The Morgan fingerprint density at radius 2 is 2.07 bits per heavy atom. The molecule has 1 rings (SSSR count). The molecule has 0 unspecified atom stereocenters. The van der Waals surface area contributed by atoms with Crippen LogP contribution in [-0.2, 0) is 4.79 Å². The van der Waals surface area contributed by atoms with Crippen LogP contribution in [0.25, 0.3) is 0 Å². The summed E-state index contributed by atoms with van der Waals surface area (Å²) in [5, 5.41) is 2.96. The first kappa shape index (κ1) is 11.4. The molecule has 0 spiro atoms. The fourth-order valence-electron chi connectivity index (χ4n) is 1.45. The number of aldehydes is 1. The summed E-state index contributed by atoms with van der Waals surface area (Å²) in [4.78, 5) is 10.3. The second kappa shape index (κ2) is 5.24. The molecule has 0 aliphatic rings. The van der Waals surface area contributed by atoms with Crippen molar-refractivity contribution in [2.75, 3.05) is 26.1 Å². The van der Waals surface area contributed by atoms with E-state index in [4.69, 9.17) is 9.47 Å². The third-order valence-corrected chi connectivity index (χ3v) is 2.16. The van der Waals surface area contributed by atoms with Crippen LogP contribution in [0.1, 0.15) is 5.56 Å². The van der Waals surface area contributed by atoms with Crippen molar-refractivity contribution >= 4 is 12.0 Å². The summed E-state index contributed by atoms with van der Waals surface area (Å²) in [6.07, 6.45) is 0.805. The zero-order valence-electron chi connectivity index (χ0n) is 9.16. The molecule has 0 radical (unpaired) electrons. The number of methoxy groups -OCH3 is 2. The molecule has 0 aliphatic heterocycles. The standard InChI is InChI=1S/C11H15NO3/c1-8-10(14-2)5-4-9(11(8)15-3)12-6-7-13/h4-5,7,12H,6H2,1-3H3. The van der Waals surface area contributed by atoms with Gasteiger partial charge in [-0.25, -0.2) is 0 Å². The highest BCUT2D eigenvalue weighted by molar-refractivity contribution is 5.67. The first-order valence-corrected chi connectivity index (χ1v) is 4.63. The van der Waals surface area contributed by atoms with Gasteiger partial charge in [0.05, 0.1) is 26.5 Å². The Labute approximate surface area is 89.2 Å². The lowest BCUT2D eigenvalue weighted by Crippen LogP contribution is -2.05. The molecule has 1 aromatic carbocycles. The monoisotopic (exact) mass is 209 g/mol. The molecule has 0 heterocycles. The molecule has 0 bridgehead atoms. The van der Waals surface area contributed by atoms with Crippen LogP contribution in [0.2, 0.25) is 0 Å².